The quantitative estimate of drug-likeness (QED) is 0.655. The van der Waals surface area contributed by atoms with Crippen molar-refractivity contribution < 1.29 is 4.74 Å². The summed E-state index contributed by atoms with van der Waals surface area (Å²) in [5, 5.41) is 4.56. The van der Waals surface area contributed by atoms with E-state index >= 15 is 0 Å². The molecule has 20 heavy (non-hydrogen) atoms. The Kier molecular flexibility index (Phi) is 4.95. The number of nitrogens with two attached hydrogens (primary N) is 1. The first-order valence-corrected chi connectivity index (χ1v) is 7.78. The summed E-state index contributed by atoms with van der Waals surface area (Å²) >= 11 is 1.72. The summed E-state index contributed by atoms with van der Waals surface area (Å²) in [6.45, 7) is 5.13. The first-order valence-electron chi connectivity index (χ1n) is 6.79. The van der Waals surface area contributed by atoms with E-state index in [0.717, 1.165) is 40.7 Å². The van der Waals surface area contributed by atoms with Gasteiger partial charge in [-0.25, -0.2) is 0 Å². The zero-order valence-electron chi connectivity index (χ0n) is 12.2. The maximum absolute atomic E-state index is 6.01. The molecule has 1 heterocycles. The summed E-state index contributed by atoms with van der Waals surface area (Å²) in [5.41, 5.74) is 9.17. The number of nitrogen functional groups attached to an aromatic ring is 1. The van der Waals surface area contributed by atoms with Gasteiger partial charge in [-0.3, -0.25) is 4.68 Å². The average Bonchev–Trinajstić information content (AvgIpc) is 2.89. The topological polar surface area (TPSA) is 53.1 Å². The molecule has 0 amide bonds. The second kappa shape index (κ2) is 6.70. The van der Waals surface area contributed by atoms with Gasteiger partial charge in [0.05, 0.1) is 12.8 Å². The van der Waals surface area contributed by atoms with E-state index in [1.54, 1.807) is 18.9 Å². The van der Waals surface area contributed by atoms with Crippen LogP contribution in [0.1, 0.15) is 25.2 Å². The van der Waals surface area contributed by atoms with E-state index in [0.29, 0.717) is 0 Å². The van der Waals surface area contributed by atoms with Gasteiger partial charge in [0.2, 0.25) is 0 Å². The van der Waals surface area contributed by atoms with E-state index in [1.807, 2.05) is 18.2 Å². The molecule has 0 saturated heterocycles. The molecule has 0 fully saturated rings. The molecule has 0 saturated carbocycles. The number of hydrogen-bond acceptors (Lipinski definition) is 4. The van der Waals surface area contributed by atoms with Gasteiger partial charge >= 0.3 is 0 Å². The van der Waals surface area contributed by atoms with Crippen molar-refractivity contribution in [2.45, 2.75) is 37.5 Å². The number of nitrogens with zero attached hydrogens (tertiary/aromatic N) is 2. The fraction of sp³-hybridized carbons (Fsp3) is 0.400. The van der Waals surface area contributed by atoms with Gasteiger partial charge in [0, 0.05) is 28.6 Å². The minimum atomic E-state index is 0.786. The van der Waals surface area contributed by atoms with Crippen molar-refractivity contribution in [3.05, 3.63) is 35.7 Å². The lowest BCUT2D eigenvalue weighted by molar-refractivity contribution is 0.414. The molecule has 2 N–H and O–H groups in total. The summed E-state index contributed by atoms with van der Waals surface area (Å²) in [5.74, 6) is 1.69. The lowest BCUT2D eigenvalue weighted by atomic mass is 10.3. The Hall–Kier alpha value is -1.62. The molecule has 2 aromatic rings. The fourth-order valence-corrected chi connectivity index (χ4v) is 2.97. The maximum atomic E-state index is 6.01. The predicted molar refractivity (Wildman–Crippen MR) is 84.2 cm³/mol. The summed E-state index contributed by atoms with van der Waals surface area (Å²) in [6.07, 6.45) is 0.964. The van der Waals surface area contributed by atoms with E-state index in [9.17, 15) is 0 Å². The van der Waals surface area contributed by atoms with Crippen LogP contribution >= 0.6 is 11.8 Å². The summed E-state index contributed by atoms with van der Waals surface area (Å²) in [6, 6.07) is 7.92. The Labute approximate surface area is 124 Å². The average molecular weight is 291 g/mol. The monoisotopic (exact) mass is 291 g/mol. The van der Waals surface area contributed by atoms with Crippen LogP contribution in [0.3, 0.4) is 0 Å². The molecule has 0 aliphatic carbocycles. The van der Waals surface area contributed by atoms with Gasteiger partial charge in [0.25, 0.3) is 0 Å². The highest BCUT2D eigenvalue weighted by Crippen LogP contribution is 2.31. The van der Waals surface area contributed by atoms with Crippen LogP contribution in [0.2, 0.25) is 0 Å². The number of hydrogen-bond donors (Lipinski definition) is 1. The molecule has 0 unspecified atom stereocenters. The van der Waals surface area contributed by atoms with Crippen molar-refractivity contribution in [3.63, 3.8) is 0 Å². The minimum Gasteiger partial charge on any atom is -0.497 e. The molecule has 1 aromatic heterocycles. The molecule has 0 aliphatic rings. The number of anilines is 1. The third-order valence-electron chi connectivity index (χ3n) is 3.17. The first kappa shape index (κ1) is 14.8. The number of thioether (sulfide) groups is 1. The van der Waals surface area contributed by atoms with Crippen LogP contribution in [0, 0.1) is 0 Å². The SMILES string of the molecule is CCc1cc(CSc2cc(OC)ccc2N)n(CC)n1. The number of ether oxygens (including phenoxy) is 1. The second-order valence-electron chi connectivity index (χ2n) is 4.49. The fourth-order valence-electron chi connectivity index (χ4n) is 2.00. The zero-order chi connectivity index (χ0) is 14.5. The Balaban J connectivity index is 2.14. The Morgan fingerprint density at radius 3 is 2.75 bits per heavy atom. The van der Waals surface area contributed by atoms with Crippen LogP contribution in [-0.2, 0) is 18.7 Å². The second-order valence-corrected chi connectivity index (χ2v) is 5.51. The molecule has 0 spiro atoms. The standard InChI is InChI=1S/C15H21N3OS/c1-4-11-8-12(18(5-2)17-11)10-20-15-9-13(19-3)6-7-14(15)16/h6-9H,4-5,10,16H2,1-3H3. The van der Waals surface area contributed by atoms with Crippen LogP contribution in [0.15, 0.2) is 29.2 Å². The third-order valence-corrected chi connectivity index (χ3v) is 4.28. The number of aromatic nitrogens is 2. The van der Waals surface area contributed by atoms with Gasteiger partial charge in [-0.1, -0.05) is 6.92 Å². The lowest BCUT2D eigenvalue weighted by Crippen LogP contribution is -2.01. The van der Waals surface area contributed by atoms with Crippen LogP contribution in [0.25, 0.3) is 0 Å². The molecule has 1 aromatic carbocycles. The highest BCUT2D eigenvalue weighted by atomic mass is 32.2. The Morgan fingerprint density at radius 2 is 2.10 bits per heavy atom. The number of rotatable bonds is 6. The molecule has 108 valence electrons. The molecule has 0 radical (unpaired) electrons. The zero-order valence-corrected chi connectivity index (χ0v) is 13.0. The lowest BCUT2D eigenvalue weighted by Gasteiger charge is -2.08. The van der Waals surface area contributed by atoms with E-state index in [1.165, 1.54) is 5.69 Å². The van der Waals surface area contributed by atoms with Crippen LogP contribution in [-0.4, -0.2) is 16.9 Å². The van der Waals surface area contributed by atoms with Gasteiger partial charge in [0.15, 0.2) is 0 Å². The van der Waals surface area contributed by atoms with E-state index in [2.05, 4.69) is 29.7 Å². The highest BCUT2D eigenvalue weighted by Gasteiger charge is 2.08. The highest BCUT2D eigenvalue weighted by molar-refractivity contribution is 7.98. The molecule has 0 aliphatic heterocycles. The van der Waals surface area contributed by atoms with Gasteiger partial charge in [-0.05, 0) is 37.6 Å². The van der Waals surface area contributed by atoms with E-state index < -0.39 is 0 Å². The molecule has 2 rings (SSSR count). The van der Waals surface area contributed by atoms with Crippen molar-refractivity contribution in [2.75, 3.05) is 12.8 Å². The van der Waals surface area contributed by atoms with Gasteiger partial charge in [-0.15, -0.1) is 11.8 Å². The molecule has 4 nitrogen and oxygen atoms in total. The number of methoxy groups -OCH3 is 1. The van der Waals surface area contributed by atoms with Crippen molar-refractivity contribution in [1.82, 2.24) is 9.78 Å². The largest absolute Gasteiger partial charge is 0.497 e. The van der Waals surface area contributed by atoms with Crippen molar-refractivity contribution in [1.29, 1.82) is 0 Å². The van der Waals surface area contributed by atoms with E-state index in [4.69, 9.17) is 10.5 Å². The molecular formula is C15H21N3OS. The molecule has 0 atom stereocenters. The Bertz CT molecular complexity index is 580. The number of aryl methyl sites for hydroxylation is 2. The Morgan fingerprint density at radius 1 is 1.30 bits per heavy atom. The van der Waals surface area contributed by atoms with Crippen molar-refractivity contribution in [3.8, 4) is 5.75 Å². The minimum absolute atomic E-state index is 0.786. The number of benzene rings is 1. The summed E-state index contributed by atoms with van der Waals surface area (Å²) < 4.78 is 7.30. The van der Waals surface area contributed by atoms with Crippen LogP contribution < -0.4 is 10.5 Å². The van der Waals surface area contributed by atoms with Crippen LogP contribution in [0.4, 0.5) is 5.69 Å². The first-order chi connectivity index (χ1) is 9.67. The summed E-state index contributed by atoms with van der Waals surface area (Å²) in [4.78, 5) is 1.05. The van der Waals surface area contributed by atoms with Gasteiger partial charge < -0.3 is 10.5 Å². The molecule has 0 bridgehead atoms. The smallest absolute Gasteiger partial charge is 0.120 e. The predicted octanol–water partition coefficient (Wildman–Crippen LogP) is 3.35. The summed E-state index contributed by atoms with van der Waals surface area (Å²) in [7, 11) is 1.67. The normalized spacial score (nSPS) is 10.8. The van der Waals surface area contributed by atoms with Crippen LogP contribution in [0.5, 0.6) is 5.75 Å². The molecule has 5 heteroatoms. The third kappa shape index (κ3) is 3.28. The molecular weight excluding hydrogens is 270 g/mol. The van der Waals surface area contributed by atoms with E-state index in [-0.39, 0.29) is 0 Å². The van der Waals surface area contributed by atoms with Crippen molar-refractivity contribution in [2.24, 2.45) is 0 Å². The van der Waals surface area contributed by atoms with Gasteiger partial charge in [0.1, 0.15) is 5.75 Å². The maximum Gasteiger partial charge on any atom is 0.120 e. The van der Waals surface area contributed by atoms with Gasteiger partial charge in [-0.2, -0.15) is 5.10 Å². The van der Waals surface area contributed by atoms with Crippen molar-refractivity contribution >= 4 is 17.4 Å².